The molecule has 3 N–H and O–H groups in total. The van der Waals surface area contributed by atoms with Gasteiger partial charge in [0.1, 0.15) is 5.75 Å². The number of benzene rings is 2. The van der Waals surface area contributed by atoms with Crippen LogP contribution in [0.4, 0.5) is 11.4 Å². The first-order valence-corrected chi connectivity index (χ1v) is 7.49. The molecule has 4 heteroatoms. The molecule has 0 saturated heterocycles. The van der Waals surface area contributed by atoms with E-state index in [1.165, 1.54) is 5.56 Å². The Bertz CT molecular complexity index is 710. The smallest absolute Gasteiger partial charge is 0.265 e. The maximum absolute atomic E-state index is 12.3. The molecule has 114 valence electrons. The van der Waals surface area contributed by atoms with Crippen LogP contribution < -0.4 is 15.8 Å². The van der Waals surface area contributed by atoms with Crippen molar-refractivity contribution < 1.29 is 9.53 Å². The van der Waals surface area contributed by atoms with Crippen LogP contribution in [0.2, 0.25) is 0 Å². The quantitative estimate of drug-likeness (QED) is 0.854. The molecule has 22 heavy (non-hydrogen) atoms. The van der Waals surface area contributed by atoms with Gasteiger partial charge in [-0.15, -0.1) is 0 Å². The van der Waals surface area contributed by atoms with Gasteiger partial charge in [-0.05, 0) is 29.2 Å². The summed E-state index contributed by atoms with van der Waals surface area (Å²) < 4.78 is 5.87. The number of amides is 1. The summed E-state index contributed by atoms with van der Waals surface area (Å²) in [6.45, 7) is 4.30. The van der Waals surface area contributed by atoms with E-state index in [0.717, 1.165) is 5.56 Å². The van der Waals surface area contributed by atoms with Gasteiger partial charge in [-0.2, -0.15) is 0 Å². The van der Waals surface area contributed by atoms with E-state index in [-0.39, 0.29) is 5.91 Å². The Hall–Kier alpha value is -2.49. The molecular weight excluding hydrogens is 276 g/mol. The molecule has 3 rings (SSSR count). The van der Waals surface area contributed by atoms with Gasteiger partial charge in [0.05, 0.1) is 5.69 Å². The van der Waals surface area contributed by atoms with Crippen LogP contribution in [0.1, 0.15) is 30.9 Å². The van der Waals surface area contributed by atoms with Crippen molar-refractivity contribution in [2.45, 2.75) is 32.3 Å². The van der Waals surface area contributed by atoms with Crippen LogP contribution in [-0.2, 0) is 11.2 Å². The minimum absolute atomic E-state index is 0.115. The minimum atomic E-state index is -0.533. The molecule has 2 aromatic carbocycles. The maximum Gasteiger partial charge on any atom is 0.265 e. The molecule has 4 nitrogen and oxygen atoms in total. The zero-order valence-corrected chi connectivity index (χ0v) is 12.8. The average Bonchev–Trinajstić information content (AvgIpc) is 2.49. The number of carbonyl (C=O) groups excluding carboxylic acids is 1. The molecule has 0 spiro atoms. The van der Waals surface area contributed by atoms with Crippen LogP contribution in [0.5, 0.6) is 5.75 Å². The molecule has 0 bridgehead atoms. The SMILES string of the molecule is CC(C)c1ccccc1CC1Oc2cc(N)ccc2NC1=O. The minimum Gasteiger partial charge on any atom is -0.478 e. The number of fused-ring (bicyclic) bond motifs is 1. The Morgan fingerprint density at radius 3 is 2.77 bits per heavy atom. The van der Waals surface area contributed by atoms with Crippen LogP contribution >= 0.6 is 0 Å². The zero-order chi connectivity index (χ0) is 15.7. The number of hydrogen-bond donors (Lipinski definition) is 2. The Kier molecular flexibility index (Phi) is 3.75. The molecule has 1 aliphatic rings. The molecule has 0 fully saturated rings. The summed E-state index contributed by atoms with van der Waals surface area (Å²) in [6, 6.07) is 13.4. The topological polar surface area (TPSA) is 64.3 Å². The Balaban J connectivity index is 1.86. The molecule has 1 amide bonds. The number of rotatable bonds is 3. The lowest BCUT2D eigenvalue weighted by atomic mass is 9.93. The van der Waals surface area contributed by atoms with E-state index in [1.54, 1.807) is 18.2 Å². The highest BCUT2D eigenvalue weighted by atomic mass is 16.5. The van der Waals surface area contributed by atoms with Crippen molar-refractivity contribution in [2.75, 3.05) is 11.1 Å². The van der Waals surface area contributed by atoms with Crippen molar-refractivity contribution in [3.63, 3.8) is 0 Å². The molecule has 0 aliphatic carbocycles. The van der Waals surface area contributed by atoms with E-state index in [9.17, 15) is 4.79 Å². The second kappa shape index (κ2) is 5.72. The monoisotopic (exact) mass is 296 g/mol. The fourth-order valence-electron chi connectivity index (χ4n) is 2.78. The molecule has 0 aromatic heterocycles. The summed E-state index contributed by atoms with van der Waals surface area (Å²) in [5.74, 6) is 0.924. The molecule has 0 saturated carbocycles. The van der Waals surface area contributed by atoms with Gasteiger partial charge in [0.2, 0.25) is 0 Å². The van der Waals surface area contributed by atoms with Gasteiger partial charge >= 0.3 is 0 Å². The highest BCUT2D eigenvalue weighted by molar-refractivity contribution is 5.98. The maximum atomic E-state index is 12.3. The van der Waals surface area contributed by atoms with Gasteiger partial charge in [-0.3, -0.25) is 4.79 Å². The van der Waals surface area contributed by atoms with Crippen molar-refractivity contribution in [1.82, 2.24) is 0 Å². The number of nitrogens with two attached hydrogens (primary N) is 1. The summed E-state index contributed by atoms with van der Waals surface area (Å²) in [4.78, 5) is 12.3. The third-order valence-corrected chi connectivity index (χ3v) is 3.91. The van der Waals surface area contributed by atoms with Crippen molar-refractivity contribution in [3.8, 4) is 5.75 Å². The molecule has 1 aliphatic heterocycles. The Morgan fingerprint density at radius 2 is 2.00 bits per heavy atom. The van der Waals surface area contributed by atoms with Crippen molar-refractivity contribution in [3.05, 3.63) is 53.6 Å². The number of nitrogens with one attached hydrogen (secondary N) is 1. The summed E-state index contributed by atoms with van der Waals surface area (Å²) in [6.07, 6.45) is 0.0169. The molecule has 2 aromatic rings. The van der Waals surface area contributed by atoms with Crippen LogP contribution in [-0.4, -0.2) is 12.0 Å². The Labute approximate surface area is 130 Å². The second-order valence-corrected chi connectivity index (χ2v) is 5.91. The molecule has 1 atom stereocenters. The zero-order valence-electron chi connectivity index (χ0n) is 12.8. The van der Waals surface area contributed by atoms with Crippen molar-refractivity contribution in [2.24, 2.45) is 0 Å². The van der Waals surface area contributed by atoms with E-state index in [1.807, 2.05) is 12.1 Å². The summed E-state index contributed by atoms with van der Waals surface area (Å²) in [5.41, 5.74) is 9.47. The third kappa shape index (κ3) is 2.77. The van der Waals surface area contributed by atoms with Gasteiger partial charge in [0.15, 0.2) is 6.10 Å². The van der Waals surface area contributed by atoms with Crippen LogP contribution in [0, 0.1) is 0 Å². The largest absolute Gasteiger partial charge is 0.478 e. The predicted molar refractivity (Wildman–Crippen MR) is 88.1 cm³/mol. The van der Waals surface area contributed by atoms with E-state index < -0.39 is 6.10 Å². The van der Waals surface area contributed by atoms with Gasteiger partial charge in [-0.25, -0.2) is 0 Å². The normalized spacial score (nSPS) is 16.9. The van der Waals surface area contributed by atoms with Gasteiger partial charge < -0.3 is 15.8 Å². The lowest BCUT2D eigenvalue weighted by Crippen LogP contribution is -2.38. The van der Waals surface area contributed by atoms with E-state index in [4.69, 9.17) is 10.5 Å². The number of ether oxygens (including phenoxy) is 1. The second-order valence-electron chi connectivity index (χ2n) is 5.91. The molecule has 1 unspecified atom stereocenters. The summed E-state index contributed by atoms with van der Waals surface area (Å²) in [5, 5.41) is 2.89. The fourth-order valence-corrected chi connectivity index (χ4v) is 2.78. The van der Waals surface area contributed by atoms with E-state index >= 15 is 0 Å². The number of hydrogen-bond acceptors (Lipinski definition) is 3. The van der Waals surface area contributed by atoms with Gasteiger partial charge in [0, 0.05) is 18.2 Å². The fraction of sp³-hybridized carbons (Fsp3) is 0.278. The lowest BCUT2D eigenvalue weighted by molar-refractivity contribution is -0.123. The standard InChI is InChI=1S/C18H20N2O2/c1-11(2)14-6-4-3-5-12(14)9-17-18(21)20-15-8-7-13(19)10-16(15)22-17/h3-8,10-11,17H,9,19H2,1-2H3,(H,20,21). The van der Waals surface area contributed by atoms with Crippen molar-refractivity contribution in [1.29, 1.82) is 0 Å². The lowest BCUT2D eigenvalue weighted by Gasteiger charge is -2.27. The first-order valence-electron chi connectivity index (χ1n) is 7.49. The highest BCUT2D eigenvalue weighted by Gasteiger charge is 2.28. The molecule has 0 radical (unpaired) electrons. The van der Waals surface area contributed by atoms with Crippen molar-refractivity contribution >= 4 is 17.3 Å². The summed E-state index contributed by atoms with van der Waals surface area (Å²) in [7, 11) is 0. The third-order valence-electron chi connectivity index (χ3n) is 3.91. The molecular formula is C18H20N2O2. The molecule has 1 heterocycles. The van der Waals surface area contributed by atoms with E-state index in [2.05, 4.69) is 31.3 Å². The van der Waals surface area contributed by atoms with Gasteiger partial charge in [0.25, 0.3) is 5.91 Å². The number of carbonyl (C=O) groups is 1. The highest BCUT2D eigenvalue weighted by Crippen LogP contribution is 2.32. The number of anilines is 2. The van der Waals surface area contributed by atoms with E-state index in [0.29, 0.717) is 29.5 Å². The van der Waals surface area contributed by atoms with Crippen LogP contribution in [0.3, 0.4) is 0 Å². The first kappa shape index (κ1) is 14.4. The van der Waals surface area contributed by atoms with Crippen LogP contribution in [0.25, 0.3) is 0 Å². The first-order chi connectivity index (χ1) is 10.5. The number of nitrogen functional groups attached to an aromatic ring is 1. The Morgan fingerprint density at radius 1 is 1.23 bits per heavy atom. The predicted octanol–water partition coefficient (Wildman–Crippen LogP) is 3.33. The average molecular weight is 296 g/mol. The van der Waals surface area contributed by atoms with Gasteiger partial charge in [-0.1, -0.05) is 38.1 Å². The van der Waals surface area contributed by atoms with Crippen LogP contribution in [0.15, 0.2) is 42.5 Å². The summed E-state index contributed by atoms with van der Waals surface area (Å²) >= 11 is 0.